The molecule has 0 aliphatic carbocycles. The minimum Gasteiger partial charge on any atom is -0.481 e. The summed E-state index contributed by atoms with van der Waals surface area (Å²) in [5, 5.41) is 42.3. The summed E-state index contributed by atoms with van der Waals surface area (Å²) in [6.45, 7) is 1.75. The van der Waals surface area contributed by atoms with Crippen LogP contribution in [0.4, 0.5) is 0 Å². The highest BCUT2D eigenvalue weighted by Crippen LogP contribution is 2.10. The summed E-state index contributed by atoms with van der Waals surface area (Å²) in [4.78, 5) is 22.2. The van der Waals surface area contributed by atoms with Crippen LogP contribution in [0.2, 0.25) is 0 Å². The number of unbranched alkanes of at least 4 members (excludes halogenated alkanes) is 7. The lowest BCUT2D eigenvalue weighted by Crippen LogP contribution is -2.32. The van der Waals surface area contributed by atoms with E-state index in [1.807, 2.05) is 0 Å². The van der Waals surface area contributed by atoms with E-state index in [0.717, 1.165) is 51.4 Å². The fraction of sp³-hybridized carbons (Fsp3) is 0.889. The quantitative estimate of drug-likeness (QED) is 0.239. The van der Waals surface area contributed by atoms with Gasteiger partial charge in [0.25, 0.3) is 0 Å². The molecule has 0 rings (SSSR count). The molecule has 0 aromatic carbocycles. The fourth-order valence-electron chi connectivity index (χ4n) is 2.37. The molecule has 0 fully saturated rings. The van der Waals surface area contributed by atoms with Crippen LogP contribution < -0.4 is 0 Å². The number of aliphatic hydroxyl groups excluding tert-OH is 3. The molecule has 0 saturated heterocycles. The van der Waals surface area contributed by atoms with E-state index in [1.165, 1.54) is 0 Å². The van der Waals surface area contributed by atoms with Crippen molar-refractivity contribution in [3.05, 3.63) is 0 Å². The van der Waals surface area contributed by atoms with E-state index in [1.54, 1.807) is 4.90 Å². The van der Waals surface area contributed by atoms with Crippen LogP contribution in [0.3, 0.4) is 0 Å². The molecule has 8 nitrogen and oxygen atoms in total. The molecule has 0 amide bonds. The van der Waals surface area contributed by atoms with Crippen LogP contribution >= 0.6 is 0 Å². The van der Waals surface area contributed by atoms with Gasteiger partial charge in [-0.25, -0.2) is 0 Å². The Morgan fingerprint density at radius 2 is 0.808 bits per heavy atom. The zero-order valence-corrected chi connectivity index (χ0v) is 15.8. The zero-order valence-electron chi connectivity index (χ0n) is 15.8. The number of carboxylic acid groups (broad SMARTS) is 2. The first-order valence-electron chi connectivity index (χ1n) is 9.46. The minimum atomic E-state index is -0.714. The summed E-state index contributed by atoms with van der Waals surface area (Å²) in [6, 6.07) is 0. The van der Waals surface area contributed by atoms with Crippen LogP contribution in [0, 0.1) is 0 Å². The van der Waals surface area contributed by atoms with Crippen LogP contribution in [0.15, 0.2) is 0 Å². The van der Waals surface area contributed by atoms with Gasteiger partial charge in [-0.15, -0.1) is 0 Å². The molecule has 26 heavy (non-hydrogen) atoms. The van der Waals surface area contributed by atoms with E-state index in [9.17, 15) is 9.59 Å². The lowest BCUT2D eigenvalue weighted by atomic mass is 10.1. The Bertz CT molecular complexity index is 290. The number of hydrogen-bond acceptors (Lipinski definition) is 6. The second-order valence-electron chi connectivity index (χ2n) is 6.13. The molecular formula is C18H37NO7. The van der Waals surface area contributed by atoms with Gasteiger partial charge in [0, 0.05) is 32.5 Å². The first-order valence-corrected chi connectivity index (χ1v) is 9.46. The van der Waals surface area contributed by atoms with Crippen molar-refractivity contribution in [1.29, 1.82) is 0 Å². The van der Waals surface area contributed by atoms with Crippen molar-refractivity contribution in [3.63, 3.8) is 0 Å². The number of carbonyl (C=O) groups is 2. The van der Waals surface area contributed by atoms with Gasteiger partial charge in [-0.05, 0) is 12.8 Å². The Kier molecular flexibility index (Phi) is 22.7. The van der Waals surface area contributed by atoms with Gasteiger partial charge in [-0.2, -0.15) is 0 Å². The molecule has 0 aliphatic heterocycles. The van der Waals surface area contributed by atoms with Crippen molar-refractivity contribution in [3.8, 4) is 0 Å². The maximum Gasteiger partial charge on any atom is 0.303 e. The number of hydrogen-bond donors (Lipinski definition) is 5. The van der Waals surface area contributed by atoms with Gasteiger partial charge < -0.3 is 25.5 Å². The Hall–Kier alpha value is -1.22. The van der Waals surface area contributed by atoms with Gasteiger partial charge in [0.1, 0.15) is 0 Å². The molecule has 0 bridgehead atoms. The van der Waals surface area contributed by atoms with E-state index in [4.69, 9.17) is 25.5 Å². The van der Waals surface area contributed by atoms with Gasteiger partial charge in [0.05, 0.1) is 19.8 Å². The monoisotopic (exact) mass is 379 g/mol. The predicted octanol–water partition coefficient (Wildman–Crippen LogP) is 1.32. The molecule has 0 aromatic rings. The highest BCUT2D eigenvalue weighted by molar-refractivity contribution is 5.66. The third-order valence-corrected chi connectivity index (χ3v) is 3.78. The highest BCUT2D eigenvalue weighted by Gasteiger charge is 2.00. The smallest absolute Gasteiger partial charge is 0.303 e. The Balaban J connectivity index is 0. The number of aliphatic hydroxyl groups is 3. The molecule has 0 unspecified atom stereocenters. The average molecular weight is 379 g/mol. The number of carboxylic acids is 2. The van der Waals surface area contributed by atoms with Crippen molar-refractivity contribution in [2.75, 3.05) is 39.5 Å². The minimum absolute atomic E-state index is 0.0694. The molecule has 0 saturated carbocycles. The lowest BCUT2D eigenvalue weighted by molar-refractivity contribution is -0.138. The normalized spacial score (nSPS) is 10.5. The van der Waals surface area contributed by atoms with E-state index >= 15 is 0 Å². The SMILES string of the molecule is O=C(O)CCCCCCCCCCC(=O)O.OCCN(CCO)CCO. The number of nitrogens with zero attached hydrogens (tertiary/aromatic N) is 1. The van der Waals surface area contributed by atoms with Crippen LogP contribution in [-0.4, -0.2) is 81.8 Å². The van der Waals surface area contributed by atoms with Gasteiger partial charge in [0.15, 0.2) is 0 Å². The Morgan fingerprint density at radius 3 is 1.04 bits per heavy atom. The van der Waals surface area contributed by atoms with E-state index in [-0.39, 0.29) is 32.7 Å². The number of rotatable bonds is 17. The molecule has 0 radical (unpaired) electrons. The molecule has 0 heterocycles. The average Bonchev–Trinajstić information content (AvgIpc) is 2.57. The molecule has 0 aromatic heterocycles. The summed E-state index contributed by atoms with van der Waals surface area (Å²) in [7, 11) is 0. The summed E-state index contributed by atoms with van der Waals surface area (Å²) in [6.07, 6.45) is 8.51. The Labute approximate surface area is 156 Å². The molecule has 156 valence electrons. The van der Waals surface area contributed by atoms with E-state index in [0.29, 0.717) is 19.6 Å². The van der Waals surface area contributed by atoms with Crippen molar-refractivity contribution < 1.29 is 35.1 Å². The third kappa shape index (κ3) is 25.0. The third-order valence-electron chi connectivity index (χ3n) is 3.78. The maximum atomic E-state index is 10.2. The van der Waals surface area contributed by atoms with Crippen LogP contribution in [0.1, 0.15) is 64.2 Å². The van der Waals surface area contributed by atoms with Crippen molar-refractivity contribution >= 4 is 11.9 Å². The molecular weight excluding hydrogens is 342 g/mol. The van der Waals surface area contributed by atoms with E-state index in [2.05, 4.69) is 0 Å². The van der Waals surface area contributed by atoms with Gasteiger partial charge in [-0.3, -0.25) is 14.5 Å². The largest absolute Gasteiger partial charge is 0.481 e. The summed E-state index contributed by atoms with van der Waals surface area (Å²) in [5.41, 5.74) is 0. The molecule has 8 heteroatoms. The van der Waals surface area contributed by atoms with Crippen LogP contribution in [0.5, 0.6) is 0 Å². The molecule has 0 aliphatic rings. The maximum absolute atomic E-state index is 10.2. The fourth-order valence-corrected chi connectivity index (χ4v) is 2.37. The summed E-state index contributed by atoms with van der Waals surface area (Å²) < 4.78 is 0. The van der Waals surface area contributed by atoms with Gasteiger partial charge in [0.2, 0.25) is 0 Å². The summed E-state index contributed by atoms with van der Waals surface area (Å²) in [5.74, 6) is -1.43. The second-order valence-corrected chi connectivity index (χ2v) is 6.13. The van der Waals surface area contributed by atoms with Crippen LogP contribution in [-0.2, 0) is 9.59 Å². The Morgan fingerprint density at radius 1 is 0.538 bits per heavy atom. The first kappa shape index (κ1) is 27.0. The van der Waals surface area contributed by atoms with Crippen molar-refractivity contribution in [1.82, 2.24) is 4.90 Å². The second kappa shape index (κ2) is 21.8. The topological polar surface area (TPSA) is 139 Å². The van der Waals surface area contributed by atoms with Crippen LogP contribution in [0.25, 0.3) is 0 Å². The van der Waals surface area contributed by atoms with E-state index < -0.39 is 11.9 Å². The molecule has 0 spiro atoms. The van der Waals surface area contributed by atoms with Crippen molar-refractivity contribution in [2.24, 2.45) is 0 Å². The molecule has 0 atom stereocenters. The first-order chi connectivity index (χ1) is 12.5. The van der Waals surface area contributed by atoms with Gasteiger partial charge in [-0.1, -0.05) is 38.5 Å². The summed E-state index contributed by atoms with van der Waals surface area (Å²) >= 11 is 0. The predicted molar refractivity (Wildman–Crippen MR) is 99.1 cm³/mol. The highest BCUT2D eigenvalue weighted by atomic mass is 16.4. The lowest BCUT2D eigenvalue weighted by Gasteiger charge is -2.17. The zero-order chi connectivity index (χ0) is 20.0. The number of aliphatic carboxylic acids is 2. The standard InChI is InChI=1S/C12H22O4.C6H15NO3/c13-11(14)9-7-5-3-1-2-4-6-8-10-12(15)16;8-4-1-7(2-5-9)3-6-10/h1-10H2,(H,13,14)(H,15,16);8-10H,1-6H2. The molecule has 5 N–H and O–H groups in total. The van der Waals surface area contributed by atoms with Gasteiger partial charge >= 0.3 is 11.9 Å². The van der Waals surface area contributed by atoms with Crippen molar-refractivity contribution in [2.45, 2.75) is 64.2 Å².